The Morgan fingerprint density at radius 3 is 2.85 bits per heavy atom. The number of nitrogens with zero attached hydrogens (tertiary/aromatic N) is 1. The number of halogens is 2. The fourth-order valence-corrected chi connectivity index (χ4v) is 1.90. The molecule has 0 aliphatic rings. The van der Waals surface area contributed by atoms with E-state index in [0.29, 0.717) is 6.42 Å². The van der Waals surface area contributed by atoms with Crippen LogP contribution < -0.4 is 0 Å². The maximum absolute atomic E-state index is 8.42. The van der Waals surface area contributed by atoms with Crippen LogP contribution in [0.4, 0.5) is 0 Å². The largest absolute Gasteiger partial charge is 0.198 e. The molecule has 0 amide bonds. The first-order chi connectivity index (χ1) is 6.27. The highest BCUT2D eigenvalue weighted by molar-refractivity contribution is 9.08. The van der Waals surface area contributed by atoms with Crippen LogP contribution in [0, 0.1) is 11.3 Å². The van der Waals surface area contributed by atoms with Crippen molar-refractivity contribution in [2.75, 3.05) is 0 Å². The summed E-state index contributed by atoms with van der Waals surface area (Å²) in [6.07, 6.45) is 1.36. The minimum absolute atomic E-state index is 0.559. The molecule has 0 heterocycles. The summed E-state index contributed by atoms with van der Waals surface area (Å²) >= 11 is 9.30. The zero-order chi connectivity index (χ0) is 9.68. The Morgan fingerprint density at radius 1 is 1.46 bits per heavy atom. The fraction of sp³-hybridized carbons (Fsp3) is 0.300. The zero-order valence-electron chi connectivity index (χ0n) is 7.06. The van der Waals surface area contributed by atoms with Gasteiger partial charge in [0, 0.05) is 16.8 Å². The number of rotatable bonds is 3. The molecule has 1 rings (SSSR count). The highest BCUT2D eigenvalue weighted by atomic mass is 79.9. The van der Waals surface area contributed by atoms with E-state index in [2.05, 4.69) is 22.0 Å². The molecule has 68 valence electrons. The molecule has 0 saturated heterocycles. The second-order valence-electron chi connectivity index (χ2n) is 2.72. The first-order valence-corrected chi connectivity index (χ1v) is 5.48. The third-order valence-electron chi connectivity index (χ3n) is 1.78. The van der Waals surface area contributed by atoms with Crippen molar-refractivity contribution in [3.63, 3.8) is 0 Å². The van der Waals surface area contributed by atoms with Crippen LogP contribution in [0.2, 0.25) is 5.02 Å². The number of hydrogen-bond acceptors (Lipinski definition) is 1. The number of hydrogen-bond donors (Lipinski definition) is 0. The smallest absolute Gasteiger partial charge is 0.0625 e. The van der Waals surface area contributed by atoms with Crippen molar-refractivity contribution in [1.29, 1.82) is 5.26 Å². The summed E-state index contributed by atoms with van der Waals surface area (Å²) < 4.78 is 0. The summed E-state index contributed by atoms with van der Waals surface area (Å²) in [5.74, 6) is 0. The van der Waals surface area contributed by atoms with Gasteiger partial charge in [0.15, 0.2) is 0 Å². The molecule has 1 aromatic carbocycles. The SMILES string of the molecule is N#CCCc1ccc(Cl)c(CBr)c1. The van der Waals surface area contributed by atoms with Crippen molar-refractivity contribution in [1.82, 2.24) is 0 Å². The van der Waals surface area contributed by atoms with E-state index in [4.69, 9.17) is 16.9 Å². The third-order valence-corrected chi connectivity index (χ3v) is 2.75. The molecule has 0 aliphatic carbocycles. The summed E-state index contributed by atoms with van der Waals surface area (Å²) in [5.41, 5.74) is 2.25. The number of aryl methyl sites for hydroxylation is 1. The van der Waals surface area contributed by atoms with Gasteiger partial charge in [-0.3, -0.25) is 0 Å². The van der Waals surface area contributed by atoms with E-state index in [1.54, 1.807) is 0 Å². The molecule has 0 unspecified atom stereocenters. The van der Waals surface area contributed by atoms with Crippen LogP contribution in [-0.4, -0.2) is 0 Å². The van der Waals surface area contributed by atoms with Gasteiger partial charge in [-0.05, 0) is 23.6 Å². The minimum atomic E-state index is 0.559. The Kier molecular flexibility index (Phi) is 4.27. The van der Waals surface area contributed by atoms with Crippen molar-refractivity contribution in [2.45, 2.75) is 18.2 Å². The topological polar surface area (TPSA) is 23.8 Å². The number of benzene rings is 1. The lowest BCUT2D eigenvalue weighted by atomic mass is 10.1. The summed E-state index contributed by atoms with van der Waals surface area (Å²) in [5, 5.41) is 9.96. The predicted octanol–water partition coefficient (Wildman–Crippen LogP) is 3.69. The van der Waals surface area contributed by atoms with Crippen LogP contribution in [0.15, 0.2) is 18.2 Å². The van der Waals surface area contributed by atoms with Crippen molar-refractivity contribution < 1.29 is 0 Å². The standard InChI is InChI=1S/C10H9BrClN/c11-7-9-6-8(2-1-5-13)3-4-10(9)12/h3-4,6H,1-2,7H2. The van der Waals surface area contributed by atoms with Crippen molar-refractivity contribution in [3.05, 3.63) is 34.3 Å². The Morgan fingerprint density at radius 2 is 2.23 bits per heavy atom. The van der Waals surface area contributed by atoms with Gasteiger partial charge in [-0.25, -0.2) is 0 Å². The monoisotopic (exact) mass is 257 g/mol. The van der Waals surface area contributed by atoms with Crippen LogP contribution in [0.5, 0.6) is 0 Å². The van der Waals surface area contributed by atoms with E-state index < -0.39 is 0 Å². The third kappa shape index (κ3) is 3.02. The minimum Gasteiger partial charge on any atom is -0.198 e. The Bertz CT molecular complexity index is 330. The normalized spacial score (nSPS) is 9.62. The molecule has 3 heteroatoms. The number of alkyl halides is 1. The Labute approximate surface area is 91.5 Å². The quantitative estimate of drug-likeness (QED) is 0.759. The Hall–Kier alpha value is -0.520. The molecule has 0 fully saturated rings. The summed E-state index contributed by atoms with van der Waals surface area (Å²) in [4.78, 5) is 0. The van der Waals surface area contributed by atoms with E-state index in [-0.39, 0.29) is 0 Å². The van der Waals surface area contributed by atoms with Crippen molar-refractivity contribution in [2.24, 2.45) is 0 Å². The van der Waals surface area contributed by atoms with Crippen LogP contribution >= 0.6 is 27.5 Å². The van der Waals surface area contributed by atoms with Gasteiger partial charge in [0.1, 0.15) is 0 Å². The van der Waals surface area contributed by atoms with Crippen molar-refractivity contribution >= 4 is 27.5 Å². The van der Waals surface area contributed by atoms with Crippen LogP contribution in [0.25, 0.3) is 0 Å². The highest BCUT2D eigenvalue weighted by Crippen LogP contribution is 2.20. The second-order valence-corrected chi connectivity index (χ2v) is 3.69. The molecule has 13 heavy (non-hydrogen) atoms. The van der Waals surface area contributed by atoms with Gasteiger partial charge in [-0.15, -0.1) is 0 Å². The molecule has 0 spiro atoms. The maximum atomic E-state index is 8.42. The lowest BCUT2D eigenvalue weighted by Crippen LogP contribution is -1.87. The van der Waals surface area contributed by atoms with Gasteiger partial charge < -0.3 is 0 Å². The number of nitriles is 1. The lowest BCUT2D eigenvalue weighted by Gasteiger charge is -2.02. The highest BCUT2D eigenvalue weighted by Gasteiger charge is 2.00. The zero-order valence-corrected chi connectivity index (χ0v) is 9.40. The molecule has 0 N–H and O–H groups in total. The predicted molar refractivity (Wildman–Crippen MR) is 58.0 cm³/mol. The fourth-order valence-electron chi connectivity index (χ4n) is 1.09. The molecule has 0 bridgehead atoms. The van der Waals surface area contributed by atoms with Crippen LogP contribution in [-0.2, 0) is 11.8 Å². The molecule has 1 nitrogen and oxygen atoms in total. The van der Waals surface area contributed by atoms with Crippen LogP contribution in [0.3, 0.4) is 0 Å². The van der Waals surface area contributed by atoms with Gasteiger partial charge >= 0.3 is 0 Å². The molecular formula is C10H9BrClN. The first-order valence-electron chi connectivity index (χ1n) is 3.98. The molecular weight excluding hydrogens is 249 g/mol. The van der Waals surface area contributed by atoms with Gasteiger partial charge in [0.05, 0.1) is 6.07 Å². The summed E-state index contributed by atoms with van der Waals surface area (Å²) in [7, 11) is 0. The molecule has 0 radical (unpaired) electrons. The first kappa shape index (κ1) is 10.6. The lowest BCUT2D eigenvalue weighted by molar-refractivity contribution is 1.01. The van der Waals surface area contributed by atoms with E-state index in [0.717, 1.165) is 22.3 Å². The van der Waals surface area contributed by atoms with Crippen LogP contribution in [0.1, 0.15) is 17.5 Å². The maximum Gasteiger partial charge on any atom is 0.0625 e. The molecule has 0 saturated carbocycles. The van der Waals surface area contributed by atoms with Gasteiger partial charge in [0.2, 0.25) is 0 Å². The molecule has 0 atom stereocenters. The second kappa shape index (κ2) is 5.26. The van der Waals surface area contributed by atoms with E-state index in [9.17, 15) is 0 Å². The molecule has 0 aromatic heterocycles. The summed E-state index contributed by atoms with van der Waals surface area (Å²) in [6.45, 7) is 0. The average molecular weight is 259 g/mol. The summed E-state index contributed by atoms with van der Waals surface area (Å²) in [6, 6.07) is 8.00. The molecule has 1 aromatic rings. The van der Waals surface area contributed by atoms with E-state index in [1.165, 1.54) is 5.56 Å². The van der Waals surface area contributed by atoms with Gasteiger partial charge in [0.25, 0.3) is 0 Å². The molecule has 0 aliphatic heterocycles. The van der Waals surface area contributed by atoms with E-state index in [1.807, 2.05) is 18.2 Å². The van der Waals surface area contributed by atoms with Gasteiger partial charge in [-0.1, -0.05) is 39.7 Å². The van der Waals surface area contributed by atoms with Crippen molar-refractivity contribution in [3.8, 4) is 6.07 Å². The Balaban J connectivity index is 2.81. The van der Waals surface area contributed by atoms with E-state index >= 15 is 0 Å². The average Bonchev–Trinajstić information content (AvgIpc) is 2.16. The van der Waals surface area contributed by atoms with Gasteiger partial charge in [-0.2, -0.15) is 5.26 Å².